The van der Waals surface area contributed by atoms with E-state index in [0.717, 1.165) is 19.3 Å². The number of Topliss-reactive ketones (excluding diaryl/α,β-unsaturated/α-hetero) is 1. The molecule has 1 unspecified atom stereocenters. The highest BCUT2D eigenvalue weighted by atomic mass is 16.5. The van der Waals surface area contributed by atoms with Crippen molar-refractivity contribution >= 4 is 23.5 Å². The average Bonchev–Trinajstić information content (AvgIpc) is 3.44. The van der Waals surface area contributed by atoms with Crippen LogP contribution in [0.2, 0.25) is 0 Å². The van der Waals surface area contributed by atoms with Crippen molar-refractivity contribution in [3.8, 4) is 0 Å². The SMILES string of the molecule is CCC(C)C(=O)C1CCCCC1.CN1C[C@@H](C(=O)NCCOCCOCCNC(=O)c2ccccc2)CC1=O.[HH].[HH].c1ccncc1. The molecule has 252 valence electrons. The molecular formula is C35H56N4O6. The predicted octanol–water partition coefficient (Wildman–Crippen LogP) is 4.80. The van der Waals surface area contributed by atoms with Gasteiger partial charge in [-0.3, -0.25) is 24.2 Å². The Balaban J connectivity index is 0.000000869. The van der Waals surface area contributed by atoms with Crippen LogP contribution in [-0.4, -0.2) is 86.5 Å². The Morgan fingerprint density at radius 3 is 2.00 bits per heavy atom. The minimum absolute atomic E-state index is 0. The largest absolute Gasteiger partial charge is 0.377 e. The first-order valence-corrected chi connectivity index (χ1v) is 16.2. The van der Waals surface area contributed by atoms with Gasteiger partial charge in [-0.05, 0) is 43.5 Å². The lowest BCUT2D eigenvalue weighted by Crippen LogP contribution is -2.34. The molecule has 2 atom stereocenters. The Kier molecular flexibility index (Phi) is 19.0. The molecule has 2 N–H and O–H groups in total. The molecule has 0 spiro atoms. The maximum atomic E-state index is 11.9. The maximum Gasteiger partial charge on any atom is 0.251 e. The molecule has 1 aliphatic carbocycles. The highest BCUT2D eigenvalue weighted by Gasteiger charge is 2.31. The van der Waals surface area contributed by atoms with Crippen LogP contribution in [0.4, 0.5) is 0 Å². The van der Waals surface area contributed by atoms with Crippen LogP contribution in [0.25, 0.3) is 0 Å². The molecule has 2 aliphatic rings. The van der Waals surface area contributed by atoms with Crippen LogP contribution in [0.3, 0.4) is 0 Å². The second-order valence-corrected chi connectivity index (χ2v) is 11.4. The van der Waals surface area contributed by atoms with Crippen LogP contribution >= 0.6 is 0 Å². The van der Waals surface area contributed by atoms with Gasteiger partial charge in [0.25, 0.3) is 5.91 Å². The van der Waals surface area contributed by atoms with Crippen LogP contribution < -0.4 is 10.6 Å². The van der Waals surface area contributed by atoms with Gasteiger partial charge >= 0.3 is 0 Å². The molecule has 2 fully saturated rings. The van der Waals surface area contributed by atoms with Gasteiger partial charge in [0.15, 0.2) is 0 Å². The highest BCUT2D eigenvalue weighted by Crippen LogP contribution is 2.27. The fraction of sp³-hybridized carbons (Fsp3) is 0.571. The molecule has 2 aromatic rings. The van der Waals surface area contributed by atoms with Crippen molar-refractivity contribution in [1.82, 2.24) is 20.5 Å². The number of rotatable bonds is 14. The van der Waals surface area contributed by atoms with E-state index in [-0.39, 0.29) is 32.9 Å². The van der Waals surface area contributed by atoms with E-state index >= 15 is 0 Å². The molecule has 0 radical (unpaired) electrons. The molecule has 10 heteroatoms. The minimum atomic E-state index is -0.267. The van der Waals surface area contributed by atoms with Crippen LogP contribution in [0.1, 0.15) is 72.0 Å². The van der Waals surface area contributed by atoms with Gasteiger partial charge in [0.2, 0.25) is 11.8 Å². The molecule has 1 aromatic carbocycles. The Bertz CT molecular complexity index is 1100. The summed E-state index contributed by atoms with van der Waals surface area (Å²) >= 11 is 0. The van der Waals surface area contributed by atoms with E-state index < -0.39 is 0 Å². The topological polar surface area (TPSA) is 127 Å². The molecule has 1 saturated heterocycles. The molecule has 10 nitrogen and oxygen atoms in total. The third-order valence-corrected chi connectivity index (χ3v) is 7.87. The lowest BCUT2D eigenvalue weighted by molar-refractivity contribution is -0.128. The standard InChI is InChI=1S/C19H27N3O5.C11H20O.C5H5N.2H2/c1-22-14-16(13-17(22)23)19(25)21-8-10-27-12-11-26-9-7-20-18(24)15-5-3-2-4-6-15;1-3-9(2)11(12)10-7-5-4-6-8-10;1-2-4-6-5-3-1;;/h2-6,16H,7-14H2,1H3,(H,20,24)(H,21,25);9-10H,3-8H2,1-2H3;1-5H;2*1H/t16-;;;;/m0..../s1. The number of amides is 3. The highest BCUT2D eigenvalue weighted by molar-refractivity contribution is 5.94. The van der Waals surface area contributed by atoms with Gasteiger partial charge in [0.05, 0.1) is 32.3 Å². The lowest BCUT2D eigenvalue weighted by atomic mass is 9.81. The quantitative estimate of drug-likeness (QED) is 0.288. The first kappa shape index (κ1) is 37.6. The molecule has 3 amide bonds. The molecule has 4 rings (SSSR count). The zero-order valence-electron chi connectivity index (χ0n) is 27.2. The number of pyridine rings is 1. The monoisotopic (exact) mass is 628 g/mol. The number of ether oxygens (including phenoxy) is 2. The van der Waals surface area contributed by atoms with Gasteiger partial charge in [0, 0.05) is 65.7 Å². The average molecular weight is 629 g/mol. The fourth-order valence-corrected chi connectivity index (χ4v) is 4.98. The smallest absolute Gasteiger partial charge is 0.251 e. The van der Waals surface area contributed by atoms with Gasteiger partial charge in [-0.1, -0.05) is 57.4 Å². The molecule has 1 aliphatic heterocycles. The first-order valence-electron chi connectivity index (χ1n) is 16.2. The number of nitrogens with zero attached hydrogens (tertiary/aromatic N) is 2. The summed E-state index contributed by atoms with van der Waals surface area (Å²) in [5.74, 6) is 0.738. The molecule has 2 heterocycles. The minimum Gasteiger partial charge on any atom is -0.377 e. The fourth-order valence-electron chi connectivity index (χ4n) is 4.98. The predicted molar refractivity (Wildman–Crippen MR) is 179 cm³/mol. The van der Waals surface area contributed by atoms with E-state index in [1.54, 1.807) is 36.5 Å². The van der Waals surface area contributed by atoms with Gasteiger partial charge in [-0.25, -0.2) is 0 Å². The van der Waals surface area contributed by atoms with Crippen molar-refractivity contribution in [2.24, 2.45) is 17.8 Å². The number of carbonyl (C=O) groups excluding carboxylic acids is 4. The summed E-state index contributed by atoms with van der Waals surface area (Å²) in [4.78, 5) is 52.2. The number of likely N-dealkylation sites (tertiary alicyclic amines) is 1. The van der Waals surface area contributed by atoms with Gasteiger partial charge in [-0.15, -0.1) is 0 Å². The van der Waals surface area contributed by atoms with Crippen molar-refractivity contribution in [2.45, 2.75) is 58.8 Å². The second-order valence-electron chi connectivity index (χ2n) is 11.4. The zero-order chi connectivity index (χ0) is 32.7. The van der Waals surface area contributed by atoms with Crippen LogP contribution in [0, 0.1) is 17.8 Å². The maximum absolute atomic E-state index is 11.9. The molecule has 0 bridgehead atoms. The number of aromatic nitrogens is 1. The van der Waals surface area contributed by atoms with E-state index in [1.807, 2.05) is 36.4 Å². The van der Waals surface area contributed by atoms with Crippen molar-refractivity contribution < 1.29 is 31.5 Å². The van der Waals surface area contributed by atoms with E-state index in [1.165, 1.54) is 19.3 Å². The first-order chi connectivity index (χ1) is 21.8. The summed E-state index contributed by atoms with van der Waals surface area (Å²) in [6.07, 6.45) is 11.0. The van der Waals surface area contributed by atoms with Gasteiger partial charge in [0.1, 0.15) is 5.78 Å². The van der Waals surface area contributed by atoms with Crippen LogP contribution in [-0.2, 0) is 23.9 Å². The number of benzene rings is 1. The lowest BCUT2D eigenvalue weighted by Gasteiger charge is -2.22. The van der Waals surface area contributed by atoms with Crippen molar-refractivity contribution in [3.05, 3.63) is 66.5 Å². The summed E-state index contributed by atoms with van der Waals surface area (Å²) in [7, 11) is 1.70. The van der Waals surface area contributed by atoms with Gasteiger partial charge in [-0.2, -0.15) is 0 Å². The Morgan fingerprint density at radius 2 is 1.49 bits per heavy atom. The Morgan fingerprint density at radius 1 is 0.889 bits per heavy atom. The Labute approximate surface area is 271 Å². The third kappa shape index (κ3) is 15.8. The van der Waals surface area contributed by atoms with Gasteiger partial charge < -0.3 is 25.0 Å². The summed E-state index contributed by atoms with van der Waals surface area (Å²) in [6.45, 7) is 7.09. The van der Waals surface area contributed by atoms with Crippen molar-refractivity contribution in [1.29, 1.82) is 0 Å². The second kappa shape index (κ2) is 22.8. The summed E-state index contributed by atoms with van der Waals surface area (Å²) in [5, 5.41) is 5.55. The van der Waals surface area contributed by atoms with Crippen molar-refractivity contribution in [2.75, 3.05) is 53.1 Å². The van der Waals surface area contributed by atoms with Crippen molar-refractivity contribution in [3.63, 3.8) is 0 Å². The number of nitrogens with one attached hydrogen (secondary N) is 2. The molecule has 45 heavy (non-hydrogen) atoms. The third-order valence-electron chi connectivity index (χ3n) is 7.87. The number of ketones is 1. The molecular weight excluding hydrogens is 572 g/mol. The van der Waals surface area contributed by atoms with E-state index in [0.29, 0.717) is 69.2 Å². The zero-order valence-corrected chi connectivity index (χ0v) is 27.2. The van der Waals surface area contributed by atoms with Crippen LogP contribution in [0.5, 0.6) is 0 Å². The molecule has 1 aromatic heterocycles. The van der Waals surface area contributed by atoms with E-state index in [4.69, 9.17) is 9.47 Å². The van der Waals surface area contributed by atoms with Crippen LogP contribution in [0.15, 0.2) is 60.9 Å². The summed E-state index contributed by atoms with van der Waals surface area (Å²) in [5.41, 5.74) is 0.622. The summed E-state index contributed by atoms with van der Waals surface area (Å²) < 4.78 is 10.8. The Hall–Kier alpha value is -3.63. The summed E-state index contributed by atoms with van der Waals surface area (Å²) in [6, 6.07) is 14.7. The number of carbonyl (C=O) groups is 4. The molecule has 1 saturated carbocycles. The normalized spacial score (nSPS) is 16.8. The van der Waals surface area contributed by atoms with E-state index in [9.17, 15) is 19.2 Å². The van der Waals surface area contributed by atoms with E-state index in [2.05, 4.69) is 29.5 Å². The number of hydrogen-bond donors (Lipinski definition) is 2. The number of hydrogen-bond acceptors (Lipinski definition) is 7.